The normalized spacial score (nSPS) is 11.8. The van der Waals surface area contributed by atoms with Crippen LogP contribution in [0.15, 0.2) is 66.7 Å². The summed E-state index contributed by atoms with van der Waals surface area (Å²) in [5.41, 5.74) is 2.09. The zero-order valence-electron chi connectivity index (χ0n) is 25.5. The minimum atomic E-state index is -0.799. The molecule has 42 heavy (non-hydrogen) atoms. The number of carbonyl (C=O) groups is 2. The fourth-order valence-electron chi connectivity index (χ4n) is 4.56. The van der Waals surface area contributed by atoms with Gasteiger partial charge in [-0.15, -0.1) is 0 Å². The fraction of sp³-hybridized carbons (Fsp3) is 0.444. The topological polar surface area (TPSA) is 61.8 Å². The van der Waals surface area contributed by atoms with E-state index >= 15 is 0 Å². The zero-order valence-corrected chi connectivity index (χ0v) is 25.5. The van der Waals surface area contributed by atoms with Crippen molar-refractivity contribution in [2.75, 3.05) is 6.61 Å². The van der Waals surface area contributed by atoms with Gasteiger partial charge in [0.2, 0.25) is 0 Å². The molecule has 0 saturated heterocycles. The molecule has 5 nitrogen and oxygen atoms in total. The Morgan fingerprint density at radius 3 is 1.93 bits per heavy atom. The van der Waals surface area contributed by atoms with Gasteiger partial charge in [-0.3, -0.25) is 0 Å². The Hall–Kier alpha value is -3.67. The standard InChI is InChI=1S/C36H45FO5/c1-5-6-7-8-9-10-11-24-40-31-20-18-29(19-21-31)28-14-16-30(17-15-28)35(38)42-32-22-23-33(34(37)25-32)36(39)41-27(4)13-12-26(2)3/h14-23,25-27H,5-13,24H2,1-4H3/t27-/m1/s1. The van der Waals surface area contributed by atoms with Crippen molar-refractivity contribution in [1.82, 2.24) is 0 Å². The number of carbonyl (C=O) groups excluding carboxylic acids is 2. The molecule has 0 radical (unpaired) electrons. The number of unbranched alkanes of at least 4 members (excludes halogenated alkanes) is 6. The van der Waals surface area contributed by atoms with Crippen LogP contribution in [-0.4, -0.2) is 24.6 Å². The van der Waals surface area contributed by atoms with E-state index in [4.69, 9.17) is 14.2 Å². The molecule has 0 bridgehead atoms. The maximum atomic E-state index is 14.6. The van der Waals surface area contributed by atoms with Crippen molar-refractivity contribution in [2.24, 2.45) is 5.92 Å². The van der Waals surface area contributed by atoms with Gasteiger partial charge < -0.3 is 14.2 Å². The second-order valence-electron chi connectivity index (χ2n) is 11.3. The van der Waals surface area contributed by atoms with Gasteiger partial charge >= 0.3 is 11.9 Å². The summed E-state index contributed by atoms with van der Waals surface area (Å²) in [7, 11) is 0. The van der Waals surface area contributed by atoms with Crippen LogP contribution >= 0.6 is 0 Å². The van der Waals surface area contributed by atoms with Gasteiger partial charge in [-0.2, -0.15) is 0 Å². The lowest BCUT2D eigenvalue weighted by molar-refractivity contribution is 0.0308. The Balaban J connectivity index is 1.48. The van der Waals surface area contributed by atoms with Crippen molar-refractivity contribution >= 4 is 11.9 Å². The highest BCUT2D eigenvalue weighted by Gasteiger charge is 2.18. The van der Waals surface area contributed by atoms with E-state index < -0.39 is 17.8 Å². The first kappa shape index (κ1) is 32.8. The Morgan fingerprint density at radius 1 is 0.714 bits per heavy atom. The van der Waals surface area contributed by atoms with E-state index in [-0.39, 0.29) is 17.4 Å². The number of benzene rings is 3. The van der Waals surface area contributed by atoms with Crippen LogP contribution in [0.1, 0.15) is 106 Å². The fourth-order valence-corrected chi connectivity index (χ4v) is 4.56. The molecule has 3 aromatic carbocycles. The molecule has 0 N–H and O–H groups in total. The highest BCUT2D eigenvalue weighted by molar-refractivity contribution is 5.92. The molecule has 3 aromatic rings. The van der Waals surface area contributed by atoms with Crippen molar-refractivity contribution < 1.29 is 28.2 Å². The SMILES string of the molecule is CCCCCCCCCOc1ccc(-c2ccc(C(=O)Oc3ccc(C(=O)O[C@H](C)CCC(C)C)c(F)c3)cc2)cc1. The van der Waals surface area contributed by atoms with Gasteiger partial charge in [0.15, 0.2) is 0 Å². The molecule has 1 atom stereocenters. The molecule has 0 aliphatic rings. The summed E-state index contributed by atoms with van der Waals surface area (Å²) in [6.45, 7) is 8.93. The Bertz CT molecular complexity index is 1250. The summed E-state index contributed by atoms with van der Waals surface area (Å²) >= 11 is 0. The van der Waals surface area contributed by atoms with E-state index in [9.17, 15) is 14.0 Å². The molecule has 226 valence electrons. The Kier molecular flexibility index (Phi) is 13.5. The average Bonchev–Trinajstić information content (AvgIpc) is 2.98. The largest absolute Gasteiger partial charge is 0.494 e. The predicted octanol–water partition coefficient (Wildman–Crippen LogP) is 9.82. The Morgan fingerprint density at radius 2 is 1.31 bits per heavy atom. The maximum absolute atomic E-state index is 14.6. The first-order valence-corrected chi connectivity index (χ1v) is 15.3. The second-order valence-corrected chi connectivity index (χ2v) is 11.3. The molecular formula is C36H45FO5. The monoisotopic (exact) mass is 576 g/mol. The first-order chi connectivity index (χ1) is 20.3. The molecule has 0 fully saturated rings. The van der Waals surface area contributed by atoms with Crippen molar-refractivity contribution in [1.29, 1.82) is 0 Å². The van der Waals surface area contributed by atoms with Crippen LogP contribution in [-0.2, 0) is 4.74 Å². The summed E-state index contributed by atoms with van der Waals surface area (Å²) in [5, 5.41) is 0. The molecule has 0 unspecified atom stereocenters. The number of hydrogen-bond acceptors (Lipinski definition) is 5. The predicted molar refractivity (Wildman–Crippen MR) is 166 cm³/mol. The Labute approximate surface area is 250 Å². The quantitative estimate of drug-likeness (QED) is 0.0909. The van der Waals surface area contributed by atoms with Crippen molar-refractivity contribution in [3.05, 3.63) is 83.7 Å². The third kappa shape index (κ3) is 11.0. The van der Waals surface area contributed by atoms with Crippen molar-refractivity contribution in [3.63, 3.8) is 0 Å². The maximum Gasteiger partial charge on any atom is 0.343 e. The molecule has 0 amide bonds. The van der Waals surface area contributed by atoms with Gasteiger partial charge in [-0.1, -0.05) is 83.6 Å². The van der Waals surface area contributed by atoms with Crippen LogP contribution in [0.4, 0.5) is 4.39 Å². The summed E-state index contributed by atoms with van der Waals surface area (Å²) in [6, 6.07) is 18.6. The van der Waals surface area contributed by atoms with E-state index in [0.29, 0.717) is 17.9 Å². The molecule has 0 heterocycles. The summed E-state index contributed by atoms with van der Waals surface area (Å²) in [6.07, 6.45) is 10.1. The number of ether oxygens (including phenoxy) is 3. The lowest BCUT2D eigenvalue weighted by Crippen LogP contribution is -2.17. The molecule has 0 aliphatic heterocycles. The molecule has 0 aliphatic carbocycles. The molecule has 0 spiro atoms. The third-order valence-electron chi connectivity index (χ3n) is 7.15. The van der Waals surface area contributed by atoms with Crippen LogP contribution in [0.2, 0.25) is 0 Å². The van der Waals surface area contributed by atoms with Crippen LogP contribution in [0.3, 0.4) is 0 Å². The number of hydrogen-bond donors (Lipinski definition) is 0. The van der Waals surface area contributed by atoms with E-state index in [0.717, 1.165) is 42.4 Å². The molecule has 6 heteroatoms. The average molecular weight is 577 g/mol. The third-order valence-corrected chi connectivity index (χ3v) is 7.15. The van der Waals surface area contributed by atoms with Gasteiger partial charge in [0.25, 0.3) is 0 Å². The second kappa shape index (κ2) is 17.3. The van der Waals surface area contributed by atoms with Crippen LogP contribution in [0.5, 0.6) is 11.5 Å². The van der Waals surface area contributed by atoms with Gasteiger partial charge in [-0.05, 0) is 79.6 Å². The number of rotatable bonds is 17. The molecule has 0 aromatic heterocycles. The minimum Gasteiger partial charge on any atom is -0.494 e. The summed E-state index contributed by atoms with van der Waals surface area (Å²) in [5.74, 6) is -0.803. The lowest BCUT2D eigenvalue weighted by atomic mass is 10.0. The van der Waals surface area contributed by atoms with Crippen LogP contribution < -0.4 is 9.47 Å². The van der Waals surface area contributed by atoms with Crippen LogP contribution in [0, 0.1) is 11.7 Å². The van der Waals surface area contributed by atoms with Gasteiger partial charge in [0.05, 0.1) is 23.8 Å². The van der Waals surface area contributed by atoms with Crippen LogP contribution in [0.25, 0.3) is 11.1 Å². The van der Waals surface area contributed by atoms with E-state index in [1.807, 2.05) is 36.4 Å². The number of esters is 2. The summed E-state index contributed by atoms with van der Waals surface area (Å²) < 4.78 is 31.2. The van der Waals surface area contributed by atoms with Crippen molar-refractivity contribution in [2.45, 2.75) is 91.6 Å². The highest BCUT2D eigenvalue weighted by Crippen LogP contribution is 2.24. The van der Waals surface area contributed by atoms with Gasteiger partial charge in [-0.25, -0.2) is 14.0 Å². The van der Waals surface area contributed by atoms with E-state index in [1.54, 1.807) is 19.1 Å². The molecule has 3 rings (SSSR count). The zero-order chi connectivity index (χ0) is 30.3. The summed E-state index contributed by atoms with van der Waals surface area (Å²) in [4.78, 5) is 25.0. The minimum absolute atomic E-state index is 0.0121. The van der Waals surface area contributed by atoms with Gasteiger partial charge in [0, 0.05) is 6.07 Å². The highest BCUT2D eigenvalue weighted by atomic mass is 19.1. The van der Waals surface area contributed by atoms with E-state index in [1.165, 1.54) is 50.7 Å². The van der Waals surface area contributed by atoms with Crippen molar-refractivity contribution in [3.8, 4) is 22.6 Å². The number of halogens is 1. The lowest BCUT2D eigenvalue weighted by Gasteiger charge is -2.15. The van der Waals surface area contributed by atoms with Gasteiger partial charge in [0.1, 0.15) is 17.3 Å². The first-order valence-electron chi connectivity index (χ1n) is 15.3. The molecule has 0 saturated carbocycles. The van der Waals surface area contributed by atoms with E-state index in [2.05, 4.69) is 20.8 Å². The smallest absolute Gasteiger partial charge is 0.343 e. The molecular weight excluding hydrogens is 531 g/mol.